The Bertz CT molecular complexity index is 1050. The Morgan fingerprint density at radius 3 is 2.52 bits per heavy atom. The molecule has 5 nitrogen and oxygen atoms in total. The maximum atomic E-state index is 13.2. The molecule has 33 heavy (non-hydrogen) atoms. The van der Waals surface area contributed by atoms with Gasteiger partial charge in [-0.25, -0.2) is 0 Å². The van der Waals surface area contributed by atoms with Gasteiger partial charge in [0.2, 0.25) is 0 Å². The Hall–Kier alpha value is -3.31. The minimum atomic E-state index is 0.0836. The summed E-state index contributed by atoms with van der Waals surface area (Å²) in [7, 11) is 0. The summed E-state index contributed by atoms with van der Waals surface area (Å²) >= 11 is 0. The predicted octanol–water partition coefficient (Wildman–Crippen LogP) is 4.63. The van der Waals surface area contributed by atoms with Crippen molar-refractivity contribution in [1.29, 1.82) is 0 Å². The Morgan fingerprint density at radius 2 is 1.79 bits per heavy atom. The minimum Gasteiger partial charge on any atom is -0.492 e. The summed E-state index contributed by atoms with van der Waals surface area (Å²) in [5.74, 6) is 0.871. The molecule has 0 aromatic heterocycles. The van der Waals surface area contributed by atoms with Crippen molar-refractivity contribution in [2.45, 2.75) is 19.9 Å². The molecule has 0 aliphatic carbocycles. The van der Waals surface area contributed by atoms with Gasteiger partial charge in [0.05, 0.1) is 12.3 Å². The molecule has 1 fully saturated rings. The fourth-order valence-electron chi connectivity index (χ4n) is 4.69. The highest BCUT2D eigenvalue weighted by Gasteiger charge is 2.25. The second kappa shape index (κ2) is 10.5. The van der Waals surface area contributed by atoms with Crippen molar-refractivity contribution in [3.05, 3.63) is 102 Å². The van der Waals surface area contributed by atoms with Crippen molar-refractivity contribution in [3.63, 3.8) is 0 Å². The summed E-state index contributed by atoms with van der Waals surface area (Å²) in [5.41, 5.74) is 5.22. The molecular weight excluding hydrogens is 410 g/mol. The number of fused-ring (bicyclic) bond motifs is 1. The molecule has 5 heteroatoms. The van der Waals surface area contributed by atoms with E-state index in [0.29, 0.717) is 6.61 Å². The maximum Gasteiger partial charge on any atom is 0.258 e. The molecular formula is C28H33N3O2. The number of anilines is 1. The van der Waals surface area contributed by atoms with Crippen LogP contribution in [0.3, 0.4) is 0 Å². The van der Waals surface area contributed by atoms with E-state index in [0.717, 1.165) is 68.4 Å². The summed E-state index contributed by atoms with van der Waals surface area (Å²) in [6.07, 6.45) is 4.53. The molecule has 2 aromatic carbocycles. The van der Waals surface area contributed by atoms with Crippen molar-refractivity contribution < 1.29 is 9.53 Å². The zero-order valence-electron chi connectivity index (χ0n) is 19.5. The highest BCUT2D eigenvalue weighted by atomic mass is 16.5. The molecule has 2 aromatic rings. The Labute approximate surface area is 197 Å². The Balaban J connectivity index is 1.39. The number of hydrogen-bond acceptors (Lipinski definition) is 4. The van der Waals surface area contributed by atoms with Crippen molar-refractivity contribution in [1.82, 2.24) is 9.80 Å². The van der Waals surface area contributed by atoms with Crippen LogP contribution in [0.4, 0.5) is 5.69 Å². The van der Waals surface area contributed by atoms with Crippen LogP contribution in [-0.2, 0) is 17.7 Å². The van der Waals surface area contributed by atoms with Crippen LogP contribution in [0.25, 0.3) is 0 Å². The van der Waals surface area contributed by atoms with E-state index in [1.54, 1.807) is 6.08 Å². The number of para-hydroxylation sites is 1. The van der Waals surface area contributed by atoms with Gasteiger partial charge in [-0.2, -0.15) is 0 Å². The second-order valence-electron chi connectivity index (χ2n) is 8.39. The summed E-state index contributed by atoms with van der Waals surface area (Å²) < 4.78 is 5.72. The van der Waals surface area contributed by atoms with E-state index < -0.39 is 0 Å². The number of rotatable bonds is 8. The van der Waals surface area contributed by atoms with E-state index in [1.807, 2.05) is 48.2 Å². The van der Waals surface area contributed by atoms with E-state index in [-0.39, 0.29) is 5.91 Å². The van der Waals surface area contributed by atoms with Crippen LogP contribution >= 0.6 is 0 Å². The van der Waals surface area contributed by atoms with E-state index >= 15 is 0 Å². The smallest absolute Gasteiger partial charge is 0.258 e. The third kappa shape index (κ3) is 5.04. The molecule has 0 unspecified atom stereocenters. The van der Waals surface area contributed by atoms with Crippen LogP contribution in [0.5, 0.6) is 0 Å². The van der Waals surface area contributed by atoms with Crippen molar-refractivity contribution in [2.24, 2.45) is 0 Å². The molecule has 1 saturated heterocycles. The number of carbonyl (C=O) groups excluding carboxylic acids is 1. The van der Waals surface area contributed by atoms with Gasteiger partial charge in [0.15, 0.2) is 0 Å². The van der Waals surface area contributed by atoms with E-state index in [4.69, 9.17) is 4.74 Å². The van der Waals surface area contributed by atoms with Crippen LogP contribution < -0.4 is 4.90 Å². The number of benzene rings is 2. The number of hydrogen-bond donors (Lipinski definition) is 0. The van der Waals surface area contributed by atoms with Gasteiger partial charge in [0.1, 0.15) is 5.76 Å². The summed E-state index contributed by atoms with van der Waals surface area (Å²) in [6.45, 7) is 15.7. The summed E-state index contributed by atoms with van der Waals surface area (Å²) in [5, 5.41) is 0. The summed E-state index contributed by atoms with van der Waals surface area (Å²) in [4.78, 5) is 19.9. The molecule has 0 spiro atoms. The number of allylic oxidation sites excluding steroid dienone is 2. The second-order valence-corrected chi connectivity index (χ2v) is 8.39. The molecule has 0 bridgehead atoms. The zero-order valence-corrected chi connectivity index (χ0v) is 19.5. The minimum absolute atomic E-state index is 0.0836. The first kappa shape index (κ1) is 22.9. The number of ether oxygens (including phenoxy) is 1. The highest BCUT2D eigenvalue weighted by molar-refractivity contribution is 6.07. The van der Waals surface area contributed by atoms with E-state index in [1.165, 1.54) is 11.1 Å². The molecule has 0 radical (unpaired) electrons. The van der Waals surface area contributed by atoms with E-state index in [2.05, 4.69) is 41.2 Å². The van der Waals surface area contributed by atoms with Crippen LogP contribution in [0.15, 0.2) is 85.3 Å². The maximum absolute atomic E-state index is 13.2. The number of piperazine rings is 1. The topological polar surface area (TPSA) is 36.0 Å². The highest BCUT2D eigenvalue weighted by Crippen LogP contribution is 2.29. The molecule has 2 heterocycles. The Morgan fingerprint density at radius 1 is 1.00 bits per heavy atom. The quantitative estimate of drug-likeness (QED) is 0.440. The number of amides is 1. The van der Waals surface area contributed by atoms with Crippen LogP contribution in [0, 0.1) is 0 Å². The molecule has 1 amide bonds. The monoisotopic (exact) mass is 443 g/mol. The largest absolute Gasteiger partial charge is 0.492 e. The average molecular weight is 444 g/mol. The van der Waals surface area contributed by atoms with Gasteiger partial charge in [0, 0.05) is 50.5 Å². The molecule has 0 saturated carbocycles. The first-order valence-electron chi connectivity index (χ1n) is 11.7. The standard InChI is InChI=1S/C28H33N3O2/c1-4-25(27(5-2)33-6-3)30-18-16-29(17-19-30)21-22-10-9-12-24(20-22)28(32)31-15-14-23-11-7-8-13-26(23)31/h4-5,7-13,20H,1-2,6,14-19,21H2,3H3/b27-25-. The average Bonchev–Trinajstić information content (AvgIpc) is 3.29. The first-order valence-corrected chi connectivity index (χ1v) is 11.7. The van der Waals surface area contributed by atoms with Crippen LogP contribution in [0.2, 0.25) is 0 Å². The van der Waals surface area contributed by atoms with Crippen molar-refractivity contribution in [3.8, 4) is 0 Å². The predicted molar refractivity (Wildman–Crippen MR) is 134 cm³/mol. The normalized spacial score (nSPS) is 16.8. The van der Waals surface area contributed by atoms with Crippen molar-refractivity contribution in [2.75, 3.05) is 44.2 Å². The lowest BCUT2D eigenvalue weighted by molar-refractivity contribution is 0.0989. The van der Waals surface area contributed by atoms with Crippen molar-refractivity contribution >= 4 is 11.6 Å². The fourth-order valence-corrected chi connectivity index (χ4v) is 4.69. The number of nitrogens with zero attached hydrogens (tertiary/aromatic N) is 3. The lowest BCUT2D eigenvalue weighted by Crippen LogP contribution is -2.45. The van der Waals surface area contributed by atoms with Gasteiger partial charge in [0.25, 0.3) is 5.91 Å². The van der Waals surface area contributed by atoms with Gasteiger partial charge in [-0.1, -0.05) is 43.5 Å². The zero-order chi connectivity index (χ0) is 23.2. The lowest BCUT2D eigenvalue weighted by atomic mass is 10.1. The van der Waals surface area contributed by atoms with Crippen LogP contribution in [-0.4, -0.2) is 55.0 Å². The molecule has 2 aliphatic rings. The van der Waals surface area contributed by atoms with Crippen LogP contribution in [0.1, 0.15) is 28.4 Å². The van der Waals surface area contributed by atoms with Gasteiger partial charge < -0.3 is 14.5 Å². The van der Waals surface area contributed by atoms with Gasteiger partial charge in [-0.3, -0.25) is 9.69 Å². The van der Waals surface area contributed by atoms with Gasteiger partial charge in [-0.15, -0.1) is 0 Å². The molecule has 172 valence electrons. The molecule has 0 atom stereocenters. The molecule has 2 aliphatic heterocycles. The van der Waals surface area contributed by atoms with Gasteiger partial charge in [-0.05, 0) is 54.8 Å². The third-order valence-corrected chi connectivity index (χ3v) is 6.36. The summed E-state index contributed by atoms with van der Waals surface area (Å²) in [6, 6.07) is 16.3. The first-order chi connectivity index (χ1) is 16.1. The SMILES string of the molecule is C=C/C(OCC)=C(\C=C)N1CCN(Cc2cccc(C(=O)N3CCc4ccccc43)c2)CC1. The molecule has 0 N–H and O–H groups in total. The molecule has 4 rings (SSSR count). The number of carbonyl (C=O) groups is 1. The lowest BCUT2D eigenvalue weighted by Gasteiger charge is -2.37. The van der Waals surface area contributed by atoms with Gasteiger partial charge >= 0.3 is 0 Å². The van der Waals surface area contributed by atoms with E-state index in [9.17, 15) is 4.79 Å². The third-order valence-electron chi connectivity index (χ3n) is 6.36. The Kier molecular flexibility index (Phi) is 7.30. The fraction of sp³-hybridized carbons (Fsp3) is 0.321.